The number of nitrogens with one attached hydrogen (secondary N) is 1. The van der Waals surface area contributed by atoms with Crippen LogP contribution in [0.3, 0.4) is 0 Å². The standard InChI is InChI=1S/C27H33F2N7O3S/c1-17-22(19-14-32-35(3)16-19)15-31-24(36-11-6-9-27(28,29)10-12-36)23(17)26(38)33-20-7-5-8-21(13-20)40(4,39)34-25(37)18(2)30/h5,7-8,13-16,18H,6,9-12,30H2,1-4H3,(H,33,38). The Hall–Kier alpha value is -3.71. The summed E-state index contributed by atoms with van der Waals surface area (Å²) in [5.74, 6) is -3.66. The Labute approximate surface area is 232 Å². The van der Waals surface area contributed by atoms with E-state index in [0.29, 0.717) is 29.2 Å². The molecule has 0 spiro atoms. The van der Waals surface area contributed by atoms with Crippen LogP contribution < -0.4 is 16.0 Å². The molecule has 1 aliphatic rings. The highest BCUT2D eigenvalue weighted by atomic mass is 32.2. The van der Waals surface area contributed by atoms with Crippen molar-refractivity contribution >= 4 is 33.0 Å². The van der Waals surface area contributed by atoms with Gasteiger partial charge in [-0.25, -0.2) is 18.0 Å². The number of rotatable bonds is 6. The molecule has 0 radical (unpaired) electrons. The summed E-state index contributed by atoms with van der Waals surface area (Å²) in [6.45, 7) is 3.62. The van der Waals surface area contributed by atoms with Crippen molar-refractivity contribution < 1.29 is 22.6 Å². The maximum Gasteiger partial charge on any atom is 0.270 e. The van der Waals surface area contributed by atoms with Gasteiger partial charge in [0.15, 0.2) is 0 Å². The van der Waals surface area contributed by atoms with Gasteiger partial charge >= 0.3 is 0 Å². The van der Waals surface area contributed by atoms with Gasteiger partial charge in [0.2, 0.25) is 5.92 Å². The Morgan fingerprint density at radius 2 is 1.98 bits per heavy atom. The van der Waals surface area contributed by atoms with Crippen LogP contribution in [-0.2, 0) is 21.6 Å². The maximum atomic E-state index is 14.1. The number of nitrogens with zero attached hydrogens (tertiary/aromatic N) is 5. The first-order valence-corrected chi connectivity index (χ1v) is 14.7. The number of alkyl halides is 2. The molecule has 2 amide bonds. The summed E-state index contributed by atoms with van der Waals surface area (Å²) in [4.78, 5) is 32.4. The quantitative estimate of drug-likeness (QED) is 0.455. The van der Waals surface area contributed by atoms with E-state index >= 15 is 0 Å². The molecule has 1 aromatic carbocycles. The van der Waals surface area contributed by atoms with Crippen molar-refractivity contribution in [1.29, 1.82) is 0 Å². The van der Waals surface area contributed by atoms with E-state index in [4.69, 9.17) is 5.73 Å². The summed E-state index contributed by atoms with van der Waals surface area (Å²) in [6, 6.07) is 5.34. The fourth-order valence-electron chi connectivity index (χ4n) is 4.54. The van der Waals surface area contributed by atoms with Crippen molar-refractivity contribution in [2.45, 2.75) is 50.0 Å². The second-order valence-corrected chi connectivity index (χ2v) is 12.4. The van der Waals surface area contributed by atoms with Crippen LogP contribution in [0.2, 0.25) is 0 Å². The third-order valence-electron chi connectivity index (χ3n) is 6.76. The Bertz CT molecular complexity index is 1560. The van der Waals surface area contributed by atoms with Crippen molar-refractivity contribution in [3.63, 3.8) is 0 Å². The average molecular weight is 574 g/mol. The van der Waals surface area contributed by atoms with Gasteiger partial charge in [-0.15, -0.1) is 0 Å². The summed E-state index contributed by atoms with van der Waals surface area (Å²) in [5.41, 5.74) is 8.18. The van der Waals surface area contributed by atoms with Crippen molar-refractivity contribution in [2.24, 2.45) is 17.1 Å². The fraction of sp³-hybridized carbons (Fsp3) is 0.407. The first kappa shape index (κ1) is 29.3. The normalized spacial score (nSPS) is 17.4. The molecule has 4 rings (SSSR count). The molecule has 3 aromatic rings. The first-order chi connectivity index (χ1) is 18.8. The summed E-state index contributed by atoms with van der Waals surface area (Å²) in [7, 11) is -1.35. The SMILES string of the molecule is Cc1c(-c2cnn(C)c2)cnc(N2CCCC(F)(F)CC2)c1C(=O)Nc1cccc(S(C)(=O)=NC(=O)C(C)N)c1. The molecule has 0 saturated carbocycles. The van der Waals surface area contributed by atoms with Crippen LogP contribution in [0.1, 0.15) is 42.1 Å². The molecule has 1 aliphatic heterocycles. The highest BCUT2D eigenvalue weighted by molar-refractivity contribution is 7.93. The maximum absolute atomic E-state index is 14.1. The van der Waals surface area contributed by atoms with Gasteiger partial charge in [-0.1, -0.05) is 6.07 Å². The Morgan fingerprint density at radius 3 is 2.65 bits per heavy atom. The van der Waals surface area contributed by atoms with E-state index in [9.17, 15) is 22.6 Å². The summed E-state index contributed by atoms with van der Waals surface area (Å²) >= 11 is 0. The second-order valence-electron chi connectivity index (χ2n) is 10.1. The van der Waals surface area contributed by atoms with Crippen LogP contribution in [0.5, 0.6) is 0 Å². The minimum absolute atomic E-state index is 0.0500. The van der Waals surface area contributed by atoms with E-state index in [0.717, 1.165) is 5.56 Å². The van der Waals surface area contributed by atoms with Gasteiger partial charge in [0.1, 0.15) is 5.82 Å². The zero-order valence-corrected chi connectivity index (χ0v) is 23.7. The molecule has 2 atom stereocenters. The van der Waals surface area contributed by atoms with E-state index in [1.165, 1.54) is 19.2 Å². The van der Waals surface area contributed by atoms with Gasteiger partial charge in [0.25, 0.3) is 11.8 Å². The predicted molar refractivity (Wildman–Crippen MR) is 150 cm³/mol. The molecule has 13 heteroatoms. The van der Waals surface area contributed by atoms with Crippen molar-refractivity contribution in [3.8, 4) is 11.1 Å². The molecule has 1 fully saturated rings. The smallest absolute Gasteiger partial charge is 0.270 e. The van der Waals surface area contributed by atoms with Crippen LogP contribution in [0, 0.1) is 6.92 Å². The van der Waals surface area contributed by atoms with E-state index in [-0.39, 0.29) is 36.3 Å². The number of anilines is 2. The van der Waals surface area contributed by atoms with Crippen LogP contribution in [0.4, 0.5) is 20.3 Å². The minimum atomic E-state index is -3.12. The molecule has 0 bridgehead atoms. The van der Waals surface area contributed by atoms with Crippen molar-refractivity contribution in [2.75, 3.05) is 29.6 Å². The second kappa shape index (κ2) is 11.4. The highest BCUT2D eigenvalue weighted by Gasteiger charge is 2.33. The lowest BCUT2D eigenvalue weighted by Crippen LogP contribution is -2.30. The number of hydrogen-bond donors (Lipinski definition) is 2. The molecule has 3 N–H and O–H groups in total. The average Bonchev–Trinajstić information content (AvgIpc) is 3.22. The van der Waals surface area contributed by atoms with Crippen LogP contribution in [0.15, 0.2) is 52.1 Å². The van der Waals surface area contributed by atoms with Crippen molar-refractivity contribution in [1.82, 2.24) is 14.8 Å². The van der Waals surface area contributed by atoms with Crippen molar-refractivity contribution in [3.05, 3.63) is 54.0 Å². The molecular weight excluding hydrogens is 540 g/mol. The van der Waals surface area contributed by atoms with Gasteiger partial charge in [-0.2, -0.15) is 9.46 Å². The lowest BCUT2D eigenvalue weighted by atomic mass is 9.99. The molecule has 214 valence electrons. The Balaban J connectivity index is 1.74. The molecule has 2 aromatic heterocycles. The molecule has 2 unspecified atom stereocenters. The van der Waals surface area contributed by atoms with Gasteiger partial charge in [-0.05, 0) is 44.0 Å². The number of carbonyl (C=O) groups is 2. The van der Waals surface area contributed by atoms with Crippen LogP contribution >= 0.6 is 0 Å². The van der Waals surface area contributed by atoms with Crippen LogP contribution in [0.25, 0.3) is 11.1 Å². The van der Waals surface area contributed by atoms with E-state index in [2.05, 4.69) is 19.8 Å². The highest BCUT2D eigenvalue weighted by Crippen LogP contribution is 2.34. The fourth-order valence-corrected chi connectivity index (χ4v) is 5.83. The lowest BCUT2D eigenvalue weighted by Gasteiger charge is -2.26. The molecular formula is C27H33F2N7O3S. The first-order valence-electron chi connectivity index (χ1n) is 12.8. The molecule has 10 nitrogen and oxygen atoms in total. The van der Waals surface area contributed by atoms with Gasteiger partial charge in [-0.3, -0.25) is 14.3 Å². The summed E-state index contributed by atoms with van der Waals surface area (Å²) in [5, 5.41) is 7.04. The number of pyridine rings is 1. The van der Waals surface area contributed by atoms with E-state index < -0.39 is 33.5 Å². The topological polar surface area (TPSA) is 136 Å². The Morgan fingerprint density at radius 1 is 1.23 bits per heavy atom. The van der Waals surface area contributed by atoms with Gasteiger partial charge in [0.05, 0.1) is 27.5 Å². The Kier molecular flexibility index (Phi) is 8.36. The summed E-state index contributed by atoms with van der Waals surface area (Å²) in [6.07, 6.45) is 6.11. The number of aromatic nitrogens is 3. The van der Waals surface area contributed by atoms with Crippen LogP contribution in [-0.4, -0.2) is 62.1 Å². The predicted octanol–water partition coefficient (Wildman–Crippen LogP) is 4.00. The third-order valence-corrected chi connectivity index (χ3v) is 8.42. The number of halogens is 2. The molecule has 3 heterocycles. The van der Waals surface area contributed by atoms with Gasteiger partial charge in [0, 0.05) is 73.3 Å². The number of amides is 2. The van der Waals surface area contributed by atoms with E-state index in [1.54, 1.807) is 60.3 Å². The number of nitrogens with two attached hydrogens (primary N) is 1. The summed E-state index contributed by atoms with van der Waals surface area (Å²) < 4.78 is 46.8. The van der Waals surface area contributed by atoms with E-state index in [1.807, 2.05) is 0 Å². The zero-order chi connectivity index (χ0) is 29.2. The number of aryl methyl sites for hydroxylation is 1. The number of hydrogen-bond acceptors (Lipinski definition) is 7. The molecule has 0 aliphatic carbocycles. The largest absolute Gasteiger partial charge is 0.356 e. The molecule has 40 heavy (non-hydrogen) atoms. The zero-order valence-electron chi connectivity index (χ0n) is 22.9. The third kappa shape index (κ3) is 6.53. The minimum Gasteiger partial charge on any atom is -0.356 e. The lowest BCUT2D eigenvalue weighted by molar-refractivity contribution is -0.118. The number of benzene rings is 1. The van der Waals surface area contributed by atoms with Gasteiger partial charge < -0.3 is 16.0 Å². The monoisotopic (exact) mass is 573 g/mol. The number of carbonyl (C=O) groups excluding carboxylic acids is 2. The molecule has 1 saturated heterocycles.